The Labute approximate surface area is 193 Å². The molecule has 190 valence electrons. The van der Waals surface area contributed by atoms with Crippen LogP contribution in [0.15, 0.2) is 28.7 Å². The van der Waals surface area contributed by atoms with E-state index in [4.69, 9.17) is 9.15 Å². The topological polar surface area (TPSA) is 95.7 Å². The summed E-state index contributed by atoms with van der Waals surface area (Å²) in [4.78, 5) is 12.3. The van der Waals surface area contributed by atoms with Crippen molar-refractivity contribution >= 4 is 5.91 Å². The summed E-state index contributed by atoms with van der Waals surface area (Å²) in [5, 5.41) is 10.9. The van der Waals surface area contributed by atoms with Gasteiger partial charge in [-0.25, -0.2) is 0 Å². The molecule has 1 heterocycles. The van der Waals surface area contributed by atoms with Gasteiger partial charge in [-0.2, -0.15) is 0 Å². The number of ether oxygens (including phenoxy) is 3. The van der Waals surface area contributed by atoms with E-state index in [0.717, 1.165) is 12.1 Å². The van der Waals surface area contributed by atoms with Crippen LogP contribution < -0.4 is 14.8 Å². The molecule has 0 saturated heterocycles. The molecule has 4 fully saturated rings. The number of amides is 1. The second-order valence-corrected chi connectivity index (χ2v) is 9.25. The molecule has 0 spiro atoms. The average molecular weight is 507 g/mol. The van der Waals surface area contributed by atoms with Gasteiger partial charge in [0.1, 0.15) is 11.5 Å². The van der Waals surface area contributed by atoms with Crippen LogP contribution in [0, 0.1) is 0 Å². The molecule has 2 bridgehead atoms. The molecule has 4 aliphatic carbocycles. The van der Waals surface area contributed by atoms with E-state index in [-0.39, 0.29) is 35.8 Å². The maximum atomic E-state index is 12.3. The van der Waals surface area contributed by atoms with Crippen molar-refractivity contribution in [3.8, 4) is 11.5 Å². The summed E-state index contributed by atoms with van der Waals surface area (Å²) < 4.78 is 92.5. The van der Waals surface area contributed by atoms with Gasteiger partial charge in [0.25, 0.3) is 5.91 Å². The lowest BCUT2D eigenvalue weighted by Gasteiger charge is -2.68. The largest absolute Gasteiger partial charge is 0.573 e. The zero-order valence-electron chi connectivity index (χ0n) is 17.9. The van der Waals surface area contributed by atoms with Gasteiger partial charge in [-0.15, -0.1) is 36.5 Å². The second kappa shape index (κ2) is 8.00. The van der Waals surface area contributed by atoms with Gasteiger partial charge >= 0.3 is 12.7 Å². The molecule has 6 rings (SSSR count). The SMILES string of the molecule is O=C(COc1cccc(OC(F)(F)F)c1)NC12CC(c3nnc([C@H]4C[C@@H](OC(F)(F)F)C4)o3)(C1)C2. The van der Waals surface area contributed by atoms with Crippen LogP contribution in [0.25, 0.3) is 0 Å². The third kappa shape index (κ3) is 5.02. The van der Waals surface area contributed by atoms with Crippen LogP contribution in [0.2, 0.25) is 0 Å². The van der Waals surface area contributed by atoms with Crippen LogP contribution in [0.3, 0.4) is 0 Å². The molecule has 35 heavy (non-hydrogen) atoms. The van der Waals surface area contributed by atoms with Gasteiger partial charge in [-0.1, -0.05) is 6.07 Å². The Morgan fingerprint density at radius 1 is 1.06 bits per heavy atom. The van der Waals surface area contributed by atoms with Gasteiger partial charge in [0.2, 0.25) is 11.8 Å². The predicted molar refractivity (Wildman–Crippen MR) is 102 cm³/mol. The van der Waals surface area contributed by atoms with Crippen molar-refractivity contribution in [3.63, 3.8) is 0 Å². The molecule has 1 aromatic carbocycles. The molecule has 0 unspecified atom stereocenters. The molecule has 8 nitrogen and oxygen atoms in total. The number of benzene rings is 1. The lowest BCUT2D eigenvalue weighted by Crippen LogP contribution is -2.77. The van der Waals surface area contributed by atoms with Crippen molar-refractivity contribution in [1.29, 1.82) is 0 Å². The highest BCUT2D eigenvalue weighted by Gasteiger charge is 2.72. The van der Waals surface area contributed by atoms with E-state index in [0.29, 0.717) is 25.2 Å². The van der Waals surface area contributed by atoms with E-state index in [2.05, 4.69) is 25.0 Å². The second-order valence-electron chi connectivity index (χ2n) is 9.25. The maximum absolute atomic E-state index is 12.3. The van der Waals surface area contributed by atoms with Crippen molar-refractivity contribution in [3.05, 3.63) is 36.0 Å². The summed E-state index contributed by atoms with van der Waals surface area (Å²) in [6, 6.07) is 4.86. The van der Waals surface area contributed by atoms with Gasteiger partial charge < -0.3 is 19.2 Å². The first kappa shape index (κ1) is 23.7. The summed E-state index contributed by atoms with van der Waals surface area (Å²) >= 11 is 0. The van der Waals surface area contributed by atoms with Crippen LogP contribution in [0.4, 0.5) is 26.3 Å². The number of hydrogen-bond acceptors (Lipinski definition) is 7. The number of carbonyl (C=O) groups is 1. The van der Waals surface area contributed by atoms with Crippen molar-refractivity contribution in [1.82, 2.24) is 15.5 Å². The number of alkyl halides is 6. The highest BCUT2D eigenvalue weighted by Crippen LogP contribution is 2.67. The summed E-state index contributed by atoms with van der Waals surface area (Å²) in [6.07, 6.45) is -8.43. The Balaban J connectivity index is 1.07. The van der Waals surface area contributed by atoms with E-state index >= 15 is 0 Å². The zero-order valence-corrected chi connectivity index (χ0v) is 17.9. The normalized spacial score (nSPS) is 29.4. The molecular weight excluding hydrogens is 488 g/mol. The zero-order chi connectivity index (χ0) is 25.1. The van der Waals surface area contributed by atoms with Crippen molar-refractivity contribution < 1.29 is 49.8 Å². The molecule has 14 heteroatoms. The van der Waals surface area contributed by atoms with Crippen LogP contribution in [-0.2, 0) is 14.9 Å². The minimum Gasteiger partial charge on any atom is -0.484 e. The van der Waals surface area contributed by atoms with Crippen LogP contribution >= 0.6 is 0 Å². The minimum atomic E-state index is -4.84. The Hall–Kier alpha value is -3.03. The molecule has 4 saturated carbocycles. The monoisotopic (exact) mass is 507 g/mol. The summed E-state index contributed by atoms with van der Waals surface area (Å²) in [7, 11) is 0. The summed E-state index contributed by atoms with van der Waals surface area (Å²) in [5.41, 5.74) is -0.813. The fraction of sp³-hybridized carbons (Fsp3) is 0.571. The van der Waals surface area contributed by atoms with Gasteiger partial charge in [-0.05, 0) is 44.2 Å². The molecule has 2 aromatic rings. The Morgan fingerprint density at radius 2 is 1.74 bits per heavy atom. The van der Waals surface area contributed by atoms with Crippen LogP contribution in [0.5, 0.6) is 11.5 Å². The molecular formula is C21H19F6N3O5. The minimum absolute atomic E-state index is 0.0493. The first-order valence-corrected chi connectivity index (χ1v) is 10.7. The van der Waals surface area contributed by atoms with Gasteiger partial charge in [0.05, 0.1) is 11.5 Å². The number of halogens is 6. The smallest absolute Gasteiger partial charge is 0.484 e. The number of nitrogens with zero attached hydrogens (tertiary/aromatic N) is 2. The number of carbonyl (C=O) groups excluding carboxylic acids is 1. The van der Waals surface area contributed by atoms with Gasteiger partial charge in [-0.3, -0.25) is 9.53 Å². The Morgan fingerprint density at radius 3 is 2.40 bits per heavy atom. The number of nitrogens with one attached hydrogen (secondary N) is 1. The number of rotatable bonds is 8. The Bertz CT molecular complexity index is 1090. The first-order chi connectivity index (χ1) is 16.3. The van der Waals surface area contributed by atoms with Crippen molar-refractivity contribution in [2.75, 3.05) is 6.61 Å². The Kier molecular flexibility index (Phi) is 5.42. The fourth-order valence-electron chi connectivity index (χ4n) is 5.06. The molecule has 1 N–H and O–H groups in total. The quantitative estimate of drug-likeness (QED) is 0.537. The van der Waals surface area contributed by atoms with Crippen LogP contribution in [-0.4, -0.2) is 47.1 Å². The average Bonchev–Trinajstić information content (AvgIpc) is 3.12. The molecule has 0 atom stereocenters. The van der Waals surface area contributed by atoms with Gasteiger partial charge in [0.15, 0.2) is 6.61 Å². The summed E-state index contributed by atoms with van der Waals surface area (Å²) in [6.45, 7) is -0.391. The number of hydrogen-bond donors (Lipinski definition) is 1. The van der Waals surface area contributed by atoms with Crippen LogP contribution in [0.1, 0.15) is 49.8 Å². The highest BCUT2D eigenvalue weighted by atomic mass is 19.4. The third-order valence-electron chi connectivity index (χ3n) is 6.48. The highest BCUT2D eigenvalue weighted by molar-refractivity contribution is 5.79. The van der Waals surface area contributed by atoms with Gasteiger partial charge in [0, 0.05) is 17.5 Å². The van der Waals surface area contributed by atoms with E-state index in [1.807, 2.05) is 0 Å². The van der Waals surface area contributed by atoms with Crippen molar-refractivity contribution in [2.24, 2.45) is 0 Å². The number of aromatic nitrogens is 2. The van der Waals surface area contributed by atoms with E-state index in [1.165, 1.54) is 12.1 Å². The third-order valence-corrected chi connectivity index (χ3v) is 6.48. The molecule has 0 aliphatic heterocycles. The molecule has 0 radical (unpaired) electrons. The van der Waals surface area contributed by atoms with E-state index in [1.54, 1.807) is 0 Å². The fourth-order valence-corrected chi connectivity index (χ4v) is 5.06. The molecule has 4 aliphatic rings. The lowest BCUT2D eigenvalue weighted by atomic mass is 9.39. The van der Waals surface area contributed by atoms with E-state index in [9.17, 15) is 31.1 Å². The summed E-state index contributed by atoms with van der Waals surface area (Å²) in [5.74, 6) is -0.427. The predicted octanol–water partition coefficient (Wildman–Crippen LogP) is 4.12. The maximum Gasteiger partial charge on any atom is 0.573 e. The van der Waals surface area contributed by atoms with Crippen molar-refractivity contribution in [2.45, 2.75) is 67.8 Å². The first-order valence-electron chi connectivity index (χ1n) is 10.7. The van der Waals surface area contributed by atoms with E-state index < -0.39 is 42.6 Å². The molecule has 1 amide bonds. The standard InChI is InChI=1S/C21H19F6N3O5/c22-20(23,24)34-13-3-1-2-12(6-13)32-7-15(31)28-19-8-18(9-19,10-19)17-30-29-16(33-17)11-4-14(5-11)35-21(25,26)27/h1-3,6,11,14H,4-5,7-10H2,(H,28,31)/t11-,14+,18?,19?. The lowest BCUT2D eigenvalue weighted by molar-refractivity contribution is -0.352. The molecule has 1 aromatic heterocycles.